The molecule has 2 aromatic carbocycles. The third-order valence-corrected chi connectivity index (χ3v) is 4.65. The van der Waals surface area contributed by atoms with Crippen LogP contribution in [0.1, 0.15) is 18.9 Å². The summed E-state index contributed by atoms with van der Waals surface area (Å²) < 4.78 is 5.59. The van der Waals surface area contributed by atoms with E-state index in [2.05, 4.69) is 48.2 Å². The number of fused-ring (bicyclic) bond motifs is 1. The van der Waals surface area contributed by atoms with Crippen molar-refractivity contribution in [3.8, 4) is 5.75 Å². The number of hydrogen-bond acceptors (Lipinski definition) is 3. The smallest absolute Gasteiger partial charge is 0.123 e. The van der Waals surface area contributed by atoms with Gasteiger partial charge >= 0.3 is 0 Å². The molecule has 3 rings (SSSR count). The fourth-order valence-electron chi connectivity index (χ4n) is 3.33. The minimum absolute atomic E-state index is 0. The van der Waals surface area contributed by atoms with Gasteiger partial charge in [0.05, 0.1) is 7.11 Å². The fraction of sp³-hybridized carbons (Fsp3) is 0.444. The molecule has 0 bridgehead atoms. The van der Waals surface area contributed by atoms with E-state index in [1.165, 1.54) is 22.8 Å². The summed E-state index contributed by atoms with van der Waals surface area (Å²) in [5, 5.41) is 2.57. The summed E-state index contributed by atoms with van der Waals surface area (Å²) >= 11 is 0. The molecule has 0 radical (unpaired) electrons. The Bertz CT molecular complexity index is 630. The van der Waals surface area contributed by atoms with Crippen LogP contribution in [0.25, 0.3) is 10.8 Å². The van der Waals surface area contributed by atoms with E-state index in [1.54, 1.807) is 7.11 Å². The maximum absolute atomic E-state index is 6.05. The van der Waals surface area contributed by atoms with Gasteiger partial charge in [-0.25, -0.2) is 0 Å². The number of rotatable bonds is 4. The van der Waals surface area contributed by atoms with Crippen LogP contribution in [-0.2, 0) is 6.54 Å². The van der Waals surface area contributed by atoms with Gasteiger partial charge in [0.25, 0.3) is 0 Å². The molecule has 4 heteroatoms. The van der Waals surface area contributed by atoms with Gasteiger partial charge in [-0.15, -0.1) is 12.4 Å². The molecule has 1 saturated heterocycles. The van der Waals surface area contributed by atoms with Gasteiger partial charge in [-0.05, 0) is 42.6 Å². The molecule has 0 amide bonds. The fourth-order valence-corrected chi connectivity index (χ4v) is 3.33. The highest BCUT2D eigenvalue weighted by Gasteiger charge is 2.26. The predicted molar refractivity (Wildman–Crippen MR) is 94.8 cm³/mol. The monoisotopic (exact) mass is 320 g/mol. The molecular formula is C18H25ClN2O. The first-order valence-corrected chi connectivity index (χ1v) is 7.71. The quantitative estimate of drug-likeness (QED) is 0.938. The first-order valence-electron chi connectivity index (χ1n) is 7.71. The molecule has 2 aromatic rings. The zero-order valence-corrected chi connectivity index (χ0v) is 14.1. The molecule has 3 nitrogen and oxygen atoms in total. The van der Waals surface area contributed by atoms with Crippen LogP contribution in [0, 0.1) is 5.92 Å². The highest BCUT2D eigenvalue weighted by atomic mass is 35.5. The Morgan fingerprint density at radius 3 is 2.73 bits per heavy atom. The molecule has 2 atom stereocenters. The van der Waals surface area contributed by atoms with Crippen LogP contribution in [0.5, 0.6) is 5.75 Å². The van der Waals surface area contributed by atoms with Crippen molar-refractivity contribution in [1.82, 2.24) is 4.90 Å². The molecule has 0 aromatic heterocycles. The molecule has 2 N–H and O–H groups in total. The van der Waals surface area contributed by atoms with Crippen LogP contribution in [0.3, 0.4) is 0 Å². The third kappa shape index (κ3) is 3.37. The molecule has 1 fully saturated rings. The van der Waals surface area contributed by atoms with Crippen molar-refractivity contribution in [1.29, 1.82) is 0 Å². The van der Waals surface area contributed by atoms with Gasteiger partial charge in [0.2, 0.25) is 0 Å². The Morgan fingerprint density at radius 2 is 2.05 bits per heavy atom. The van der Waals surface area contributed by atoms with Crippen LogP contribution < -0.4 is 10.5 Å². The first-order chi connectivity index (χ1) is 10.2. The van der Waals surface area contributed by atoms with Gasteiger partial charge in [-0.3, -0.25) is 4.90 Å². The van der Waals surface area contributed by atoms with Crippen LogP contribution in [-0.4, -0.2) is 31.1 Å². The van der Waals surface area contributed by atoms with Gasteiger partial charge in [-0.1, -0.05) is 30.3 Å². The van der Waals surface area contributed by atoms with Crippen molar-refractivity contribution >= 4 is 23.2 Å². The van der Waals surface area contributed by atoms with Crippen molar-refractivity contribution < 1.29 is 4.74 Å². The lowest BCUT2D eigenvalue weighted by molar-refractivity contribution is 0.302. The number of nitrogens with two attached hydrogens (primary N) is 1. The number of halogens is 1. The lowest BCUT2D eigenvalue weighted by Gasteiger charge is -2.20. The first kappa shape index (κ1) is 17.1. The van der Waals surface area contributed by atoms with Crippen molar-refractivity contribution in [3.05, 3.63) is 42.0 Å². The average Bonchev–Trinajstić information content (AvgIpc) is 2.96. The molecule has 1 aliphatic heterocycles. The highest BCUT2D eigenvalue weighted by molar-refractivity contribution is 5.87. The van der Waals surface area contributed by atoms with Crippen molar-refractivity contribution in [2.24, 2.45) is 11.7 Å². The molecule has 2 unspecified atom stereocenters. The highest BCUT2D eigenvalue weighted by Crippen LogP contribution is 2.31. The van der Waals surface area contributed by atoms with E-state index in [0.29, 0.717) is 5.92 Å². The van der Waals surface area contributed by atoms with Crippen LogP contribution >= 0.6 is 12.4 Å². The molecule has 0 aliphatic carbocycles. The van der Waals surface area contributed by atoms with Gasteiger partial charge in [-0.2, -0.15) is 0 Å². The van der Waals surface area contributed by atoms with Gasteiger partial charge in [0.15, 0.2) is 0 Å². The molecule has 1 heterocycles. The summed E-state index contributed by atoms with van der Waals surface area (Å²) in [6.45, 7) is 5.27. The normalized spacial score (nSPS) is 19.9. The second kappa shape index (κ2) is 7.32. The maximum Gasteiger partial charge on any atom is 0.123 e. The molecule has 22 heavy (non-hydrogen) atoms. The summed E-state index contributed by atoms with van der Waals surface area (Å²) in [5.74, 6) is 1.60. The maximum atomic E-state index is 6.05. The predicted octanol–water partition coefficient (Wildman–Crippen LogP) is 3.44. The van der Waals surface area contributed by atoms with E-state index >= 15 is 0 Å². The summed E-state index contributed by atoms with van der Waals surface area (Å²) in [6, 6.07) is 13.0. The van der Waals surface area contributed by atoms with Crippen molar-refractivity contribution in [2.45, 2.75) is 25.9 Å². The van der Waals surface area contributed by atoms with E-state index in [1.807, 2.05) is 0 Å². The van der Waals surface area contributed by atoms with E-state index in [-0.39, 0.29) is 18.4 Å². The largest absolute Gasteiger partial charge is 0.496 e. The van der Waals surface area contributed by atoms with Crippen LogP contribution in [0.4, 0.5) is 0 Å². The van der Waals surface area contributed by atoms with Gasteiger partial charge < -0.3 is 10.5 Å². The number of likely N-dealkylation sites (tertiary alicyclic amines) is 1. The average molecular weight is 321 g/mol. The molecule has 120 valence electrons. The van der Waals surface area contributed by atoms with Crippen molar-refractivity contribution in [2.75, 3.05) is 20.2 Å². The zero-order chi connectivity index (χ0) is 14.8. The lowest BCUT2D eigenvalue weighted by Crippen LogP contribution is -2.29. The van der Waals surface area contributed by atoms with Crippen LogP contribution in [0.15, 0.2) is 36.4 Å². The number of methoxy groups -OCH3 is 1. The third-order valence-electron chi connectivity index (χ3n) is 4.65. The topological polar surface area (TPSA) is 38.5 Å². The number of nitrogens with zero attached hydrogens (tertiary/aromatic N) is 1. The van der Waals surface area contributed by atoms with Gasteiger partial charge in [0.1, 0.15) is 5.75 Å². The standard InChI is InChI=1S/C18H24N2O.ClH/c1-13(19)15-9-10-20(11-15)12-17-16-6-4-3-5-14(16)7-8-18(17)21-2;/h3-8,13,15H,9-12,19H2,1-2H3;1H. The van der Waals surface area contributed by atoms with E-state index in [0.717, 1.165) is 25.4 Å². The molecule has 0 saturated carbocycles. The minimum Gasteiger partial charge on any atom is -0.496 e. The summed E-state index contributed by atoms with van der Waals surface area (Å²) in [6.07, 6.45) is 1.20. The second-order valence-electron chi connectivity index (χ2n) is 6.11. The Hall–Kier alpha value is -1.29. The minimum atomic E-state index is 0. The lowest BCUT2D eigenvalue weighted by atomic mass is 10.0. The molecule has 1 aliphatic rings. The van der Waals surface area contributed by atoms with E-state index in [9.17, 15) is 0 Å². The van der Waals surface area contributed by atoms with E-state index < -0.39 is 0 Å². The Labute approximate surface area is 138 Å². The summed E-state index contributed by atoms with van der Waals surface area (Å²) in [4.78, 5) is 2.50. The molecular weight excluding hydrogens is 296 g/mol. The Morgan fingerprint density at radius 1 is 1.27 bits per heavy atom. The number of ether oxygens (including phenoxy) is 1. The SMILES string of the molecule is COc1ccc2ccccc2c1CN1CCC(C(C)N)C1.Cl. The Kier molecular flexibility index (Phi) is 5.68. The Balaban J connectivity index is 0.00000176. The second-order valence-corrected chi connectivity index (χ2v) is 6.11. The van der Waals surface area contributed by atoms with Crippen molar-refractivity contribution in [3.63, 3.8) is 0 Å². The summed E-state index contributed by atoms with van der Waals surface area (Å²) in [5.41, 5.74) is 7.34. The molecule has 0 spiro atoms. The summed E-state index contributed by atoms with van der Waals surface area (Å²) in [7, 11) is 1.75. The van der Waals surface area contributed by atoms with Gasteiger partial charge in [0, 0.05) is 24.7 Å². The van der Waals surface area contributed by atoms with E-state index in [4.69, 9.17) is 10.5 Å². The zero-order valence-electron chi connectivity index (χ0n) is 13.3. The number of hydrogen-bond donors (Lipinski definition) is 1. The number of benzene rings is 2. The van der Waals surface area contributed by atoms with Crippen LogP contribution in [0.2, 0.25) is 0 Å².